The molecule has 0 spiro atoms. The molecule has 1 saturated heterocycles. The van der Waals surface area contributed by atoms with E-state index in [2.05, 4.69) is 10.6 Å². The minimum Gasteiger partial charge on any atom is -0.454 e. The van der Waals surface area contributed by atoms with Gasteiger partial charge in [-0.3, -0.25) is 14.4 Å². The van der Waals surface area contributed by atoms with Crippen molar-refractivity contribution in [1.29, 1.82) is 0 Å². The maximum atomic E-state index is 12.6. The number of rotatable bonds is 4. The lowest BCUT2D eigenvalue weighted by atomic mass is 10.1. The highest BCUT2D eigenvalue weighted by atomic mass is 16.7. The first-order valence-corrected chi connectivity index (χ1v) is 8.88. The number of nitrogens with zero attached hydrogens (tertiary/aromatic N) is 1. The van der Waals surface area contributed by atoms with E-state index in [0.29, 0.717) is 28.6 Å². The summed E-state index contributed by atoms with van der Waals surface area (Å²) in [6, 6.07) is 12.2. The van der Waals surface area contributed by atoms with Crippen LogP contribution in [0, 0.1) is 5.92 Å². The molecule has 2 aliphatic rings. The largest absolute Gasteiger partial charge is 0.454 e. The van der Waals surface area contributed by atoms with E-state index in [4.69, 9.17) is 9.47 Å². The summed E-state index contributed by atoms with van der Waals surface area (Å²) in [5.41, 5.74) is 1.84. The summed E-state index contributed by atoms with van der Waals surface area (Å²) in [5.74, 6) is 0.197. The SMILES string of the molecule is CC(=O)Nc1cccc(N2C[C@H](C(=O)Nc3ccc4c(c3)OCO4)CC2=O)c1. The van der Waals surface area contributed by atoms with Crippen LogP contribution in [-0.4, -0.2) is 31.1 Å². The first-order valence-electron chi connectivity index (χ1n) is 8.88. The predicted molar refractivity (Wildman–Crippen MR) is 102 cm³/mol. The van der Waals surface area contributed by atoms with Crippen molar-refractivity contribution in [1.82, 2.24) is 0 Å². The van der Waals surface area contributed by atoms with Crippen LogP contribution >= 0.6 is 0 Å². The number of carbonyl (C=O) groups is 3. The minimum absolute atomic E-state index is 0.126. The summed E-state index contributed by atoms with van der Waals surface area (Å²) >= 11 is 0. The molecule has 2 N–H and O–H groups in total. The Morgan fingerprint density at radius 2 is 1.82 bits per heavy atom. The average Bonchev–Trinajstić information content (AvgIpc) is 3.27. The van der Waals surface area contributed by atoms with E-state index < -0.39 is 5.92 Å². The van der Waals surface area contributed by atoms with Crippen LogP contribution < -0.4 is 25.0 Å². The van der Waals surface area contributed by atoms with Crippen molar-refractivity contribution < 1.29 is 23.9 Å². The third kappa shape index (κ3) is 3.62. The Morgan fingerprint density at radius 1 is 1.04 bits per heavy atom. The summed E-state index contributed by atoms with van der Waals surface area (Å²) in [5, 5.41) is 5.53. The van der Waals surface area contributed by atoms with Gasteiger partial charge < -0.3 is 25.0 Å². The average molecular weight is 381 g/mol. The molecule has 4 rings (SSSR count). The number of hydrogen-bond acceptors (Lipinski definition) is 5. The van der Waals surface area contributed by atoms with Crippen LogP contribution in [0.2, 0.25) is 0 Å². The van der Waals surface area contributed by atoms with Crippen LogP contribution in [0.4, 0.5) is 17.1 Å². The molecule has 2 heterocycles. The molecule has 0 bridgehead atoms. The quantitative estimate of drug-likeness (QED) is 0.848. The molecule has 8 heteroatoms. The van der Waals surface area contributed by atoms with Crippen molar-refractivity contribution >= 4 is 34.8 Å². The van der Waals surface area contributed by atoms with Crippen molar-refractivity contribution in [2.24, 2.45) is 5.92 Å². The molecule has 2 aliphatic heterocycles. The summed E-state index contributed by atoms with van der Waals surface area (Å²) in [4.78, 5) is 37.9. The fraction of sp³-hybridized carbons (Fsp3) is 0.250. The Morgan fingerprint density at radius 3 is 2.64 bits per heavy atom. The number of benzene rings is 2. The highest BCUT2D eigenvalue weighted by Crippen LogP contribution is 2.35. The van der Waals surface area contributed by atoms with Gasteiger partial charge >= 0.3 is 0 Å². The van der Waals surface area contributed by atoms with Crippen molar-refractivity contribution in [3.63, 3.8) is 0 Å². The van der Waals surface area contributed by atoms with E-state index in [1.807, 2.05) is 0 Å². The summed E-state index contributed by atoms with van der Waals surface area (Å²) in [6.07, 6.45) is 0.126. The van der Waals surface area contributed by atoms with Crippen LogP contribution in [0.5, 0.6) is 11.5 Å². The van der Waals surface area contributed by atoms with Gasteiger partial charge in [-0.15, -0.1) is 0 Å². The van der Waals surface area contributed by atoms with Crippen molar-refractivity contribution in [2.75, 3.05) is 28.9 Å². The maximum absolute atomic E-state index is 12.6. The number of anilines is 3. The minimum atomic E-state index is -0.470. The Bertz CT molecular complexity index is 959. The molecule has 0 radical (unpaired) electrons. The molecule has 8 nitrogen and oxygen atoms in total. The highest BCUT2D eigenvalue weighted by molar-refractivity contribution is 6.04. The van der Waals surface area contributed by atoms with Crippen LogP contribution in [-0.2, 0) is 14.4 Å². The van der Waals surface area contributed by atoms with Crippen LogP contribution in [0.1, 0.15) is 13.3 Å². The Hall–Kier alpha value is -3.55. The maximum Gasteiger partial charge on any atom is 0.231 e. The normalized spacial score (nSPS) is 17.5. The zero-order valence-electron chi connectivity index (χ0n) is 15.2. The van der Waals surface area contributed by atoms with Crippen LogP contribution in [0.15, 0.2) is 42.5 Å². The van der Waals surface area contributed by atoms with E-state index in [1.165, 1.54) is 6.92 Å². The van der Waals surface area contributed by atoms with Gasteiger partial charge in [-0.05, 0) is 30.3 Å². The van der Waals surface area contributed by atoms with E-state index >= 15 is 0 Å². The van der Waals surface area contributed by atoms with Gasteiger partial charge in [0, 0.05) is 43.0 Å². The van der Waals surface area contributed by atoms with Gasteiger partial charge in [0.05, 0.1) is 5.92 Å². The van der Waals surface area contributed by atoms with Crippen LogP contribution in [0.3, 0.4) is 0 Å². The molecule has 1 atom stereocenters. The van der Waals surface area contributed by atoms with Crippen molar-refractivity contribution in [3.05, 3.63) is 42.5 Å². The van der Waals surface area contributed by atoms with Gasteiger partial charge in [-0.2, -0.15) is 0 Å². The first-order chi connectivity index (χ1) is 13.5. The standard InChI is InChI=1S/C20H19N3O5/c1-12(24)21-14-3-2-4-16(8-14)23-10-13(7-19(23)25)20(26)22-15-5-6-17-18(9-15)28-11-27-17/h2-6,8-9,13H,7,10-11H2,1H3,(H,21,24)(H,22,26)/t13-/m1/s1. The van der Waals surface area contributed by atoms with E-state index in [1.54, 1.807) is 47.4 Å². The molecule has 0 saturated carbocycles. The zero-order valence-corrected chi connectivity index (χ0v) is 15.2. The lowest BCUT2D eigenvalue weighted by molar-refractivity contribution is -0.122. The summed E-state index contributed by atoms with van der Waals surface area (Å²) < 4.78 is 10.6. The molecule has 0 unspecified atom stereocenters. The molecular formula is C20H19N3O5. The molecular weight excluding hydrogens is 362 g/mol. The molecule has 144 valence electrons. The second-order valence-electron chi connectivity index (χ2n) is 6.69. The van der Waals surface area contributed by atoms with Gasteiger partial charge in [0.2, 0.25) is 24.5 Å². The summed E-state index contributed by atoms with van der Waals surface area (Å²) in [6.45, 7) is 1.86. The second kappa shape index (κ2) is 7.22. The number of amides is 3. The predicted octanol–water partition coefficient (Wildman–Crippen LogP) is 2.37. The smallest absolute Gasteiger partial charge is 0.231 e. The number of hydrogen-bond donors (Lipinski definition) is 2. The van der Waals surface area contributed by atoms with Gasteiger partial charge in [0.1, 0.15) is 0 Å². The fourth-order valence-corrected chi connectivity index (χ4v) is 3.31. The van der Waals surface area contributed by atoms with E-state index in [0.717, 1.165) is 0 Å². The van der Waals surface area contributed by atoms with Gasteiger partial charge in [-0.1, -0.05) is 6.07 Å². The molecule has 3 amide bonds. The third-order valence-electron chi connectivity index (χ3n) is 4.61. The summed E-state index contributed by atoms with van der Waals surface area (Å²) in [7, 11) is 0. The first kappa shape index (κ1) is 17.8. The van der Waals surface area contributed by atoms with Crippen molar-refractivity contribution in [2.45, 2.75) is 13.3 Å². The second-order valence-corrected chi connectivity index (χ2v) is 6.69. The number of nitrogens with one attached hydrogen (secondary N) is 2. The number of carbonyl (C=O) groups excluding carboxylic acids is 3. The van der Waals surface area contributed by atoms with Gasteiger partial charge in [0.25, 0.3) is 0 Å². The third-order valence-corrected chi connectivity index (χ3v) is 4.61. The number of ether oxygens (including phenoxy) is 2. The van der Waals surface area contributed by atoms with E-state index in [9.17, 15) is 14.4 Å². The van der Waals surface area contributed by atoms with Gasteiger partial charge in [0.15, 0.2) is 11.5 Å². The zero-order chi connectivity index (χ0) is 19.7. The molecule has 2 aromatic carbocycles. The Labute approximate surface area is 161 Å². The molecule has 0 aromatic heterocycles. The van der Waals surface area contributed by atoms with Crippen molar-refractivity contribution in [3.8, 4) is 11.5 Å². The number of fused-ring (bicyclic) bond motifs is 1. The lowest BCUT2D eigenvalue weighted by Gasteiger charge is -2.18. The highest BCUT2D eigenvalue weighted by Gasteiger charge is 2.35. The lowest BCUT2D eigenvalue weighted by Crippen LogP contribution is -2.28. The molecule has 2 aromatic rings. The van der Waals surface area contributed by atoms with Crippen LogP contribution in [0.25, 0.3) is 0 Å². The molecule has 0 aliphatic carbocycles. The topological polar surface area (TPSA) is 97.0 Å². The molecule has 28 heavy (non-hydrogen) atoms. The monoisotopic (exact) mass is 381 g/mol. The molecule has 1 fully saturated rings. The van der Waals surface area contributed by atoms with Gasteiger partial charge in [-0.25, -0.2) is 0 Å². The Kier molecular flexibility index (Phi) is 4.60. The van der Waals surface area contributed by atoms with E-state index in [-0.39, 0.29) is 37.5 Å². The Balaban J connectivity index is 1.44. The fourth-order valence-electron chi connectivity index (χ4n) is 3.31.